The molecule has 3 amide bonds. The van der Waals surface area contributed by atoms with Crippen molar-refractivity contribution in [2.45, 2.75) is 71.1 Å². The van der Waals surface area contributed by atoms with Crippen molar-refractivity contribution in [2.24, 2.45) is 0 Å². The molecule has 150 valence electrons. The number of benzene rings is 1. The second-order valence-electron chi connectivity index (χ2n) is 8.36. The summed E-state index contributed by atoms with van der Waals surface area (Å²) >= 11 is 0. The second kappa shape index (κ2) is 9.74. The molecule has 1 aromatic carbocycles. The number of anilines is 1. The number of nitrogens with one attached hydrogen (secondary N) is 2. The Morgan fingerprint density at radius 2 is 1.89 bits per heavy atom. The molecule has 0 unspecified atom stereocenters. The molecule has 0 bridgehead atoms. The Kier molecular flexibility index (Phi) is 7.66. The minimum absolute atomic E-state index is 0.00752. The molecule has 0 radical (unpaired) electrons. The quantitative estimate of drug-likeness (QED) is 0.792. The summed E-state index contributed by atoms with van der Waals surface area (Å²) < 4.78 is 6.00. The molecule has 1 aliphatic rings. The van der Waals surface area contributed by atoms with E-state index in [1.54, 1.807) is 7.05 Å². The number of amides is 3. The first-order chi connectivity index (χ1) is 12.7. The Morgan fingerprint density at radius 3 is 2.56 bits per heavy atom. The summed E-state index contributed by atoms with van der Waals surface area (Å²) in [5, 5.41) is 5.69. The maximum absolute atomic E-state index is 12.3. The summed E-state index contributed by atoms with van der Waals surface area (Å²) in [5.74, 6) is -0.185. The van der Waals surface area contributed by atoms with Crippen molar-refractivity contribution in [1.82, 2.24) is 10.2 Å². The lowest BCUT2D eigenvalue weighted by atomic mass is 9.98. The smallest absolute Gasteiger partial charge is 0.322 e. The summed E-state index contributed by atoms with van der Waals surface area (Å²) in [6, 6.07) is 7.35. The number of likely N-dealkylation sites (N-methyl/N-ethyl adjacent to an activating group) is 1. The Labute approximate surface area is 162 Å². The zero-order chi connectivity index (χ0) is 19.9. The van der Waals surface area contributed by atoms with Gasteiger partial charge in [0.05, 0.1) is 12.7 Å². The van der Waals surface area contributed by atoms with Gasteiger partial charge in [-0.2, -0.15) is 0 Å². The summed E-state index contributed by atoms with van der Waals surface area (Å²) in [6.45, 7) is 6.29. The van der Waals surface area contributed by atoms with Crippen LogP contribution in [0.15, 0.2) is 24.3 Å². The van der Waals surface area contributed by atoms with Crippen molar-refractivity contribution < 1.29 is 14.3 Å². The maximum atomic E-state index is 12.3. The number of hydrogen-bond donors (Lipinski definition) is 2. The summed E-state index contributed by atoms with van der Waals surface area (Å²) in [7, 11) is 1.60. The fourth-order valence-electron chi connectivity index (χ4n) is 3.15. The predicted molar refractivity (Wildman–Crippen MR) is 108 cm³/mol. The molecule has 0 aliphatic heterocycles. The highest BCUT2D eigenvalue weighted by Gasteiger charge is 2.18. The van der Waals surface area contributed by atoms with Crippen LogP contribution in [-0.2, 0) is 16.1 Å². The van der Waals surface area contributed by atoms with Crippen molar-refractivity contribution in [2.75, 3.05) is 18.9 Å². The monoisotopic (exact) mass is 375 g/mol. The van der Waals surface area contributed by atoms with E-state index >= 15 is 0 Å². The largest absolute Gasteiger partial charge is 0.374 e. The highest BCUT2D eigenvalue weighted by molar-refractivity contribution is 5.92. The number of urea groups is 1. The molecule has 6 heteroatoms. The maximum Gasteiger partial charge on any atom is 0.322 e. The normalized spacial score (nSPS) is 15.3. The van der Waals surface area contributed by atoms with Crippen LogP contribution < -0.4 is 10.6 Å². The Hall–Kier alpha value is -2.08. The molecule has 0 saturated heterocycles. The van der Waals surface area contributed by atoms with E-state index in [9.17, 15) is 9.59 Å². The third kappa shape index (κ3) is 7.99. The molecular weight excluding hydrogens is 342 g/mol. The van der Waals surface area contributed by atoms with Gasteiger partial charge in [0.15, 0.2) is 0 Å². The number of rotatable bonds is 6. The lowest BCUT2D eigenvalue weighted by molar-refractivity contribution is -0.122. The third-order valence-electron chi connectivity index (χ3n) is 4.46. The molecule has 2 rings (SSSR count). The van der Waals surface area contributed by atoms with Crippen LogP contribution in [0.4, 0.5) is 10.5 Å². The van der Waals surface area contributed by atoms with Gasteiger partial charge in [-0.1, -0.05) is 31.4 Å². The summed E-state index contributed by atoms with van der Waals surface area (Å²) in [4.78, 5) is 25.7. The van der Waals surface area contributed by atoms with Gasteiger partial charge in [-0.05, 0) is 51.3 Å². The predicted octanol–water partition coefficient (Wildman–Crippen LogP) is 3.91. The van der Waals surface area contributed by atoms with E-state index in [-0.39, 0.29) is 24.0 Å². The van der Waals surface area contributed by atoms with E-state index in [0.29, 0.717) is 18.4 Å². The van der Waals surface area contributed by atoms with E-state index in [4.69, 9.17) is 4.74 Å². The topological polar surface area (TPSA) is 70.7 Å². The van der Waals surface area contributed by atoms with Gasteiger partial charge in [-0.3, -0.25) is 4.79 Å². The van der Waals surface area contributed by atoms with Crippen molar-refractivity contribution >= 4 is 17.6 Å². The van der Waals surface area contributed by atoms with E-state index < -0.39 is 0 Å². The average Bonchev–Trinajstić information content (AvgIpc) is 2.59. The van der Waals surface area contributed by atoms with Crippen molar-refractivity contribution in [1.29, 1.82) is 0 Å². The molecule has 1 fully saturated rings. The summed E-state index contributed by atoms with van der Waals surface area (Å²) in [6.07, 6.45) is 6.42. The second-order valence-corrected chi connectivity index (χ2v) is 8.36. The molecular formula is C21H33N3O3. The molecule has 0 atom stereocenters. The lowest BCUT2D eigenvalue weighted by Gasteiger charge is -2.23. The van der Waals surface area contributed by atoms with E-state index in [2.05, 4.69) is 10.6 Å². The van der Waals surface area contributed by atoms with Crippen LogP contribution in [0.25, 0.3) is 0 Å². The van der Waals surface area contributed by atoms with Crippen LogP contribution in [0.3, 0.4) is 0 Å². The van der Waals surface area contributed by atoms with Gasteiger partial charge in [0.25, 0.3) is 0 Å². The minimum Gasteiger partial charge on any atom is -0.374 e. The Morgan fingerprint density at radius 1 is 1.19 bits per heavy atom. The summed E-state index contributed by atoms with van der Waals surface area (Å²) in [5.41, 5.74) is 1.42. The molecule has 0 spiro atoms. The average molecular weight is 376 g/mol. The Bertz CT molecular complexity index is 634. The molecule has 1 aromatic rings. The number of carbonyl (C=O) groups excluding carboxylic acids is 2. The Balaban J connectivity index is 1.83. The molecule has 0 heterocycles. The van der Waals surface area contributed by atoms with Crippen LogP contribution >= 0.6 is 0 Å². The van der Waals surface area contributed by atoms with E-state index in [0.717, 1.165) is 18.4 Å². The molecule has 0 aromatic heterocycles. The van der Waals surface area contributed by atoms with Crippen LogP contribution in [0.5, 0.6) is 0 Å². The first kappa shape index (κ1) is 21.2. The van der Waals surface area contributed by atoms with Crippen molar-refractivity contribution in [3.8, 4) is 0 Å². The van der Waals surface area contributed by atoms with Gasteiger partial charge in [0, 0.05) is 18.3 Å². The molecule has 1 aliphatic carbocycles. The first-order valence-electron chi connectivity index (χ1n) is 9.76. The van der Waals surface area contributed by atoms with Crippen LogP contribution in [0, 0.1) is 0 Å². The van der Waals surface area contributed by atoms with Crippen molar-refractivity contribution in [3.05, 3.63) is 29.8 Å². The lowest BCUT2D eigenvalue weighted by Crippen LogP contribution is -2.47. The van der Waals surface area contributed by atoms with Gasteiger partial charge in [0.2, 0.25) is 5.91 Å². The molecule has 6 nitrogen and oxygen atoms in total. The zero-order valence-electron chi connectivity index (χ0n) is 17.0. The van der Waals surface area contributed by atoms with Crippen LogP contribution in [0.2, 0.25) is 0 Å². The highest BCUT2D eigenvalue weighted by Crippen LogP contribution is 2.22. The first-order valence-corrected chi connectivity index (χ1v) is 9.76. The minimum atomic E-state index is -0.318. The fraction of sp³-hybridized carbons (Fsp3) is 0.619. The van der Waals surface area contributed by atoms with E-state index in [1.165, 1.54) is 24.2 Å². The zero-order valence-corrected chi connectivity index (χ0v) is 17.0. The number of nitrogens with zero attached hydrogens (tertiary/aromatic N) is 1. The van der Waals surface area contributed by atoms with Gasteiger partial charge in [-0.15, -0.1) is 0 Å². The van der Waals surface area contributed by atoms with Gasteiger partial charge >= 0.3 is 6.03 Å². The van der Waals surface area contributed by atoms with Gasteiger partial charge < -0.3 is 20.3 Å². The van der Waals surface area contributed by atoms with Gasteiger partial charge in [-0.25, -0.2) is 4.79 Å². The van der Waals surface area contributed by atoms with Crippen LogP contribution in [0.1, 0.15) is 58.4 Å². The number of carbonyl (C=O) groups is 2. The molecule has 27 heavy (non-hydrogen) atoms. The molecule has 1 saturated carbocycles. The van der Waals surface area contributed by atoms with Gasteiger partial charge in [0.1, 0.15) is 6.54 Å². The van der Waals surface area contributed by atoms with E-state index in [1.807, 2.05) is 45.0 Å². The molecule has 2 N–H and O–H groups in total. The SMILES string of the molecule is CN(CC(=O)NC(C)(C)C)C(=O)Nc1cccc(COC2CCCCC2)c1. The number of hydrogen-bond acceptors (Lipinski definition) is 3. The van der Waals surface area contributed by atoms with Crippen LogP contribution in [-0.4, -0.2) is 42.1 Å². The third-order valence-corrected chi connectivity index (χ3v) is 4.46. The standard InChI is InChI=1S/C21H33N3O3/c1-21(2,3)23-19(25)14-24(4)20(26)22-17-10-8-9-16(13-17)15-27-18-11-6-5-7-12-18/h8-10,13,18H,5-7,11-12,14-15H2,1-4H3,(H,22,26)(H,23,25). The number of ether oxygens (including phenoxy) is 1. The fourth-order valence-corrected chi connectivity index (χ4v) is 3.15. The highest BCUT2D eigenvalue weighted by atomic mass is 16.5. The van der Waals surface area contributed by atoms with Crippen molar-refractivity contribution in [3.63, 3.8) is 0 Å².